The molecule has 0 spiro atoms. The topological polar surface area (TPSA) is 64.3 Å². The van der Waals surface area contributed by atoms with Crippen molar-refractivity contribution >= 4 is 6.09 Å². The maximum atomic E-state index is 10.7. The average molecular weight is 168 g/mol. The van der Waals surface area contributed by atoms with E-state index in [0.717, 1.165) is 12.8 Å². The summed E-state index contributed by atoms with van der Waals surface area (Å²) in [5.74, 6) is 0. The molecule has 1 aliphatic rings. The number of rotatable bonds is 1. The third kappa shape index (κ3) is 1.50. The molecule has 4 heteroatoms. The molecule has 1 heterocycles. The molecule has 1 N–H and O–H groups in total. The van der Waals surface area contributed by atoms with E-state index in [2.05, 4.69) is 0 Å². The van der Waals surface area contributed by atoms with Gasteiger partial charge in [0.15, 0.2) is 0 Å². The first-order valence-electron chi connectivity index (χ1n) is 4.05. The molecule has 0 aromatic rings. The van der Waals surface area contributed by atoms with Gasteiger partial charge < -0.3 is 10.0 Å². The normalized spacial score (nSPS) is 28.5. The van der Waals surface area contributed by atoms with Crippen LogP contribution in [0.4, 0.5) is 4.79 Å². The Hall–Kier alpha value is -1.24. The number of likely N-dealkylation sites (tertiary alicyclic amines) is 1. The highest BCUT2D eigenvalue weighted by molar-refractivity contribution is 5.66. The van der Waals surface area contributed by atoms with E-state index < -0.39 is 6.09 Å². The van der Waals surface area contributed by atoms with E-state index in [1.54, 1.807) is 0 Å². The van der Waals surface area contributed by atoms with Gasteiger partial charge >= 0.3 is 6.09 Å². The largest absolute Gasteiger partial charge is 0.465 e. The SMILES string of the molecule is CC1CCC(CC#N)N1C(=O)O. The predicted molar refractivity (Wildman–Crippen MR) is 42.6 cm³/mol. The Morgan fingerprint density at radius 2 is 2.42 bits per heavy atom. The van der Waals surface area contributed by atoms with Crippen LogP contribution in [-0.2, 0) is 0 Å². The van der Waals surface area contributed by atoms with Gasteiger partial charge in [-0.2, -0.15) is 5.26 Å². The molecule has 0 radical (unpaired) electrons. The Morgan fingerprint density at radius 3 is 2.92 bits per heavy atom. The second-order valence-electron chi connectivity index (χ2n) is 3.13. The highest BCUT2D eigenvalue weighted by Gasteiger charge is 2.33. The molecule has 0 aliphatic carbocycles. The molecule has 1 rings (SSSR count). The molecule has 1 fully saturated rings. The van der Waals surface area contributed by atoms with E-state index in [9.17, 15) is 4.79 Å². The molecule has 0 aromatic carbocycles. The van der Waals surface area contributed by atoms with Gasteiger partial charge in [0.25, 0.3) is 0 Å². The van der Waals surface area contributed by atoms with Crippen molar-refractivity contribution in [3.63, 3.8) is 0 Å². The third-order valence-electron chi connectivity index (χ3n) is 2.33. The molecule has 0 saturated carbocycles. The first-order chi connectivity index (χ1) is 5.66. The predicted octanol–water partition coefficient (Wildman–Crippen LogP) is 1.43. The summed E-state index contributed by atoms with van der Waals surface area (Å²) in [5.41, 5.74) is 0. The monoisotopic (exact) mass is 168 g/mol. The molecule has 0 bridgehead atoms. The zero-order valence-electron chi connectivity index (χ0n) is 7.03. The molecule has 2 unspecified atom stereocenters. The summed E-state index contributed by atoms with van der Waals surface area (Å²) in [6.45, 7) is 1.88. The molecule has 2 atom stereocenters. The van der Waals surface area contributed by atoms with Gasteiger partial charge in [-0.05, 0) is 19.8 Å². The second-order valence-corrected chi connectivity index (χ2v) is 3.13. The molecular formula is C8H12N2O2. The first-order valence-corrected chi connectivity index (χ1v) is 4.05. The Balaban J connectivity index is 2.65. The molecule has 4 nitrogen and oxygen atoms in total. The van der Waals surface area contributed by atoms with E-state index >= 15 is 0 Å². The Kier molecular flexibility index (Phi) is 2.54. The van der Waals surface area contributed by atoms with Crippen LogP contribution in [0, 0.1) is 11.3 Å². The summed E-state index contributed by atoms with van der Waals surface area (Å²) >= 11 is 0. The van der Waals surface area contributed by atoms with E-state index in [0.29, 0.717) is 6.42 Å². The molecule has 12 heavy (non-hydrogen) atoms. The van der Waals surface area contributed by atoms with E-state index in [4.69, 9.17) is 10.4 Å². The minimum atomic E-state index is -0.903. The molecular weight excluding hydrogens is 156 g/mol. The summed E-state index contributed by atoms with van der Waals surface area (Å²) in [6, 6.07) is 2.00. The van der Waals surface area contributed by atoms with Gasteiger partial charge in [-0.3, -0.25) is 0 Å². The maximum absolute atomic E-state index is 10.7. The molecule has 1 aliphatic heterocycles. The average Bonchev–Trinajstić information content (AvgIpc) is 2.32. The number of carbonyl (C=O) groups is 1. The number of amides is 1. The summed E-state index contributed by atoms with van der Waals surface area (Å²) in [6.07, 6.45) is 1.11. The van der Waals surface area contributed by atoms with Crippen LogP contribution in [0.1, 0.15) is 26.2 Å². The van der Waals surface area contributed by atoms with Gasteiger partial charge in [0.05, 0.1) is 12.5 Å². The van der Waals surface area contributed by atoms with E-state index in [1.807, 2.05) is 13.0 Å². The van der Waals surface area contributed by atoms with Crippen LogP contribution < -0.4 is 0 Å². The van der Waals surface area contributed by atoms with Crippen molar-refractivity contribution in [2.75, 3.05) is 0 Å². The van der Waals surface area contributed by atoms with Gasteiger partial charge in [0.1, 0.15) is 0 Å². The van der Waals surface area contributed by atoms with Crippen LogP contribution in [-0.4, -0.2) is 28.2 Å². The van der Waals surface area contributed by atoms with Crippen molar-refractivity contribution in [1.82, 2.24) is 4.90 Å². The highest BCUT2D eigenvalue weighted by atomic mass is 16.4. The van der Waals surface area contributed by atoms with Crippen molar-refractivity contribution in [2.45, 2.75) is 38.3 Å². The summed E-state index contributed by atoms with van der Waals surface area (Å²) in [4.78, 5) is 12.1. The van der Waals surface area contributed by atoms with Gasteiger partial charge in [0.2, 0.25) is 0 Å². The number of carboxylic acid groups (broad SMARTS) is 1. The van der Waals surface area contributed by atoms with Crippen molar-refractivity contribution in [1.29, 1.82) is 5.26 Å². The van der Waals surface area contributed by atoms with Crippen molar-refractivity contribution < 1.29 is 9.90 Å². The van der Waals surface area contributed by atoms with E-state index in [1.165, 1.54) is 4.90 Å². The smallest absolute Gasteiger partial charge is 0.407 e. The van der Waals surface area contributed by atoms with Crippen LogP contribution >= 0.6 is 0 Å². The lowest BCUT2D eigenvalue weighted by molar-refractivity contribution is 0.126. The quantitative estimate of drug-likeness (QED) is 0.644. The van der Waals surface area contributed by atoms with Crippen molar-refractivity contribution in [3.05, 3.63) is 0 Å². The number of hydrogen-bond donors (Lipinski definition) is 1. The zero-order chi connectivity index (χ0) is 9.14. The number of nitriles is 1. The Morgan fingerprint density at radius 1 is 1.75 bits per heavy atom. The highest BCUT2D eigenvalue weighted by Crippen LogP contribution is 2.25. The number of nitrogens with zero attached hydrogens (tertiary/aromatic N) is 2. The van der Waals surface area contributed by atoms with Crippen molar-refractivity contribution in [3.8, 4) is 6.07 Å². The fourth-order valence-corrected chi connectivity index (χ4v) is 1.72. The fraction of sp³-hybridized carbons (Fsp3) is 0.750. The van der Waals surface area contributed by atoms with Gasteiger partial charge in [-0.15, -0.1) is 0 Å². The van der Waals surface area contributed by atoms with Crippen LogP contribution in [0.15, 0.2) is 0 Å². The van der Waals surface area contributed by atoms with Crippen LogP contribution in [0.2, 0.25) is 0 Å². The van der Waals surface area contributed by atoms with Gasteiger partial charge in [-0.1, -0.05) is 0 Å². The Labute approximate surface area is 71.4 Å². The lowest BCUT2D eigenvalue weighted by Gasteiger charge is -2.23. The summed E-state index contributed by atoms with van der Waals surface area (Å²) in [7, 11) is 0. The van der Waals surface area contributed by atoms with Crippen molar-refractivity contribution in [2.24, 2.45) is 0 Å². The number of hydrogen-bond acceptors (Lipinski definition) is 2. The zero-order valence-corrected chi connectivity index (χ0v) is 7.03. The Bertz CT molecular complexity index is 222. The molecule has 1 amide bonds. The molecule has 0 aromatic heterocycles. The van der Waals surface area contributed by atoms with E-state index in [-0.39, 0.29) is 12.1 Å². The summed E-state index contributed by atoms with van der Waals surface area (Å²) in [5, 5.41) is 17.2. The third-order valence-corrected chi connectivity index (χ3v) is 2.33. The van der Waals surface area contributed by atoms with Crippen LogP contribution in [0.5, 0.6) is 0 Å². The lowest BCUT2D eigenvalue weighted by atomic mass is 10.1. The van der Waals surface area contributed by atoms with Gasteiger partial charge in [-0.25, -0.2) is 4.79 Å². The minimum Gasteiger partial charge on any atom is -0.465 e. The first kappa shape index (κ1) is 8.85. The lowest BCUT2D eigenvalue weighted by Crippen LogP contribution is -2.38. The standard InChI is InChI=1S/C8H12N2O2/c1-6-2-3-7(4-5-9)10(6)8(11)12/h6-7H,2-4H2,1H3,(H,11,12). The summed E-state index contributed by atoms with van der Waals surface area (Å²) < 4.78 is 0. The maximum Gasteiger partial charge on any atom is 0.407 e. The minimum absolute atomic E-state index is 0.0702. The van der Waals surface area contributed by atoms with Gasteiger partial charge in [0, 0.05) is 12.1 Å². The van der Waals surface area contributed by atoms with Crippen LogP contribution in [0.25, 0.3) is 0 Å². The molecule has 1 saturated heterocycles. The second kappa shape index (κ2) is 3.44. The fourth-order valence-electron chi connectivity index (χ4n) is 1.72. The molecule has 66 valence electrons. The van der Waals surface area contributed by atoms with Crippen LogP contribution in [0.3, 0.4) is 0 Å².